The van der Waals surface area contributed by atoms with Gasteiger partial charge in [0.05, 0.1) is 11.2 Å². The summed E-state index contributed by atoms with van der Waals surface area (Å²) in [5, 5.41) is 12.9. The van der Waals surface area contributed by atoms with Crippen molar-refractivity contribution in [3.63, 3.8) is 0 Å². The Kier molecular flexibility index (Phi) is 6.15. The molecule has 0 aromatic carbocycles. The molecule has 29 heavy (non-hydrogen) atoms. The maximum absolute atomic E-state index is 9.13. The van der Waals surface area contributed by atoms with E-state index in [2.05, 4.69) is 28.5 Å². The van der Waals surface area contributed by atoms with Gasteiger partial charge in [-0.25, -0.2) is 4.98 Å². The van der Waals surface area contributed by atoms with Gasteiger partial charge in [-0.1, -0.05) is 30.5 Å². The van der Waals surface area contributed by atoms with E-state index in [1.165, 1.54) is 31.4 Å². The fourth-order valence-corrected chi connectivity index (χ4v) is 5.17. The zero-order chi connectivity index (χ0) is 20.2. The van der Waals surface area contributed by atoms with Crippen LogP contribution < -0.4 is 5.32 Å². The van der Waals surface area contributed by atoms with E-state index < -0.39 is 0 Å². The smallest absolute Gasteiger partial charge is 0.146 e. The minimum atomic E-state index is 0.0393. The third-order valence-corrected chi connectivity index (χ3v) is 6.80. The minimum absolute atomic E-state index is 0.0393. The summed E-state index contributed by atoms with van der Waals surface area (Å²) in [6.45, 7) is 2.35. The molecule has 1 saturated carbocycles. The molecular formula is C23H27ClN4O. The molecule has 2 aromatic heterocycles. The van der Waals surface area contributed by atoms with Gasteiger partial charge in [-0.3, -0.25) is 4.98 Å². The highest BCUT2D eigenvalue weighted by Crippen LogP contribution is 2.49. The van der Waals surface area contributed by atoms with E-state index in [0.717, 1.165) is 38.0 Å². The lowest BCUT2D eigenvalue weighted by atomic mass is 9.68. The van der Waals surface area contributed by atoms with E-state index in [9.17, 15) is 0 Å². The molecular weight excluding hydrogens is 384 g/mol. The van der Waals surface area contributed by atoms with Crippen molar-refractivity contribution in [2.45, 2.75) is 62.5 Å². The molecule has 5 nitrogen and oxygen atoms in total. The molecule has 152 valence electrons. The van der Waals surface area contributed by atoms with Gasteiger partial charge in [-0.2, -0.15) is 5.26 Å². The Morgan fingerprint density at radius 3 is 2.83 bits per heavy atom. The molecule has 2 aromatic rings. The fourth-order valence-electron chi connectivity index (χ4n) is 5.02. The standard InChI is InChI=1S/C23H27ClN4O/c24-21-19(14-25)13-18(16-28-21)15-26-11-8-22(20-5-1-4-10-27-20)9-12-29-23(17-22)6-2-3-7-23/h1,4-5,10,13,16,26H,2-3,6-9,11-12,15,17H2/t22-/m1/s1. The molecule has 1 aliphatic heterocycles. The summed E-state index contributed by atoms with van der Waals surface area (Å²) in [4.78, 5) is 8.86. The number of aromatic nitrogens is 2. The maximum Gasteiger partial charge on any atom is 0.146 e. The van der Waals surface area contributed by atoms with E-state index in [4.69, 9.17) is 26.6 Å². The third-order valence-electron chi connectivity index (χ3n) is 6.50. The SMILES string of the molecule is N#Cc1cc(CNCC[C@@]2(c3ccccn3)CCOC3(CCCC3)C2)cnc1Cl. The largest absolute Gasteiger partial charge is 0.375 e. The highest BCUT2D eigenvalue weighted by molar-refractivity contribution is 6.30. The van der Waals surface area contributed by atoms with Crippen molar-refractivity contribution < 1.29 is 4.74 Å². The van der Waals surface area contributed by atoms with Crippen LogP contribution in [-0.4, -0.2) is 28.7 Å². The molecule has 1 spiro atoms. The Labute approximate surface area is 177 Å². The highest BCUT2D eigenvalue weighted by atomic mass is 35.5. The normalized spacial score (nSPS) is 23.2. The number of hydrogen-bond acceptors (Lipinski definition) is 5. The zero-order valence-electron chi connectivity index (χ0n) is 16.7. The number of rotatable bonds is 6. The van der Waals surface area contributed by atoms with Crippen LogP contribution in [0.4, 0.5) is 0 Å². The van der Waals surface area contributed by atoms with E-state index in [1.54, 1.807) is 12.3 Å². The molecule has 1 N–H and O–H groups in total. The van der Waals surface area contributed by atoms with Crippen molar-refractivity contribution in [3.8, 4) is 6.07 Å². The molecule has 0 bridgehead atoms. The average molecular weight is 411 g/mol. The second-order valence-electron chi connectivity index (χ2n) is 8.38. The third kappa shape index (κ3) is 4.45. The van der Waals surface area contributed by atoms with Crippen LogP contribution in [0.2, 0.25) is 5.15 Å². The topological polar surface area (TPSA) is 70.8 Å². The van der Waals surface area contributed by atoms with E-state index in [-0.39, 0.29) is 16.2 Å². The Hall–Kier alpha value is -2.00. The zero-order valence-corrected chi connectivity index (χ0v) is 17.4. The van der Waals surface area contributed by atoms with Gasteiger partial charge >= 0.3 is 0 Å². The van der Waals surface area contributed by atoms with Gasteiger partial charge in [0.15, 0.2) is 0 Å². The fraction of sp³-hybridized carbons (Fsp3) is 0.522. The van der Waals surface area contributed by atoms with Gasteiger partial charge < -0.3 is 10.1 Å². The van der Waals surface area contributed by atoms with Gasteiger partial charge in [0.25, 0.3) is 0 Å². The van der Waals surface area contributed by atoms with Crippen molar-refractivity contribution in [3.05, 3.63) is 58.6 Å². The first-order chi connectivity index (χ1) is 14.1. The summed E-state index contributed by atoms with van der Waals surface area (Å²) in [7, 11) is 0. The van der Waals surface area contributed by atoms with Crippen LogP contribution in [0.5, 0.6) is 0 Å². The number of nitriles is 1. The number of nitrogens with one attached hydrogen (secondary N) is 1. The van der Waals surface area contributed by atoms with Crippen LogP contribution in [0.3, 0.4) is 0 Å². The molecule has 1 aliphatic carbocycles. The summed E-state index contributed by atoms with van der Waals surface area (Å²) in [6, 6.07) is 10.2. The van der Waals surface area contributed by atoms with Crippen LogP contribution in [0.15, 0.2) is 36.7 Å². The molecule has 4 rings (SSSR count). The lowest BCUT2D eigenvalue weighted by Crippen LogP contribution is -2.47. The predicted molar refractivity (Wildman–Crippen MR) is 113 cm³/mol. The van der Waals surface area contributed by atoms with Gasteiger partial charge in [-0.05, 0) is 62.4 Å². The first-order valence-electron chi connectivity index (χ1n) is 10.5. The number of ether oxygens (including phenoxy) is 1. The first kappa shape index (κ1) is 20.3. The monoisotopic (exact) mass is 410 g/mol. The van der Waals surface area contributed by atoms with Gasteiger partial charge in [0, 0.05) is 36.7 Å². The van der Waals surface area contributed by atoms with Crippen LogP contribution >= 0.6 is 11.6 Å². The Morgan fingerprint density at radius 1 is 1.21 bits per heavy atom. The first-order valence-corrected chi connectivity index (χ1v) is 10.8. The number of halogens is 1. The molecule has 1 saturated heterocycles. The van der Waals surface area contributed by atoms with Crippen molar-refractivity contribution in [1.82, 2.24) is 15.3 Å². The second kappa shape index (κ2) is 8.79. The van der Waals surface area contributed by atoms with E-state index in [0.29, 0.717) is 12.1 Å². The van der Waals surface area contributed by atoms with E-state index in [1.807, 2.05) is 12.3 Å². The minimum Gasteiger partial charge on any atom is -0.375 e. The summed E-state index contributed by atoms with van der Waals surface area (Å²) in [5.41, 5.74) is 2.67. The van der Waals surface area contributed by atoms with Crippen molar-refractivity contribution in [1.29, 1.82) is 5.26 Å². The maximum atomic E-state index is 9.13. The van der Waals surface area contributed by atoms with E-state index >= 15 is 0 Å². The van der Waals surface area contributed by atoms with Crippen LogP contribution in [0.25, 0.3) is 0 Å². The molecule has 0 radical (unpaired) electrons. The summed E-state index contributed by atoms with van der Waals surface area (Å²) in [6.07, 6.45) is 11.6. The Morgan fingerprint density at radius 2 is 2.07 bits per heavy atom. The average Bonchev–Trinajstić information content (AvgIpc) is 3.20. The predicted octanol–water partition coefficient (Wildman–Crippen LogP) is 4.54. The van der Waals surface area contributed by atoms with Crippen molar-refractivity contribution in [2.75, 3.05) is 13.2 Å². The van der Waals surface area contributed by atoms with Crippen LogP contribution in [0.1, 0.15) is 61.8 Å². The molecule has 2 aliphatic rings. The van der Waals surface area contributed by atoms with Gasteiger partial charge in [-0.15, -0.1) is 0 Å². The second-order valence-corrected chi connectivity index (χ2v) is 8.74. The molecule has 6 heteroatoms. The Bertz CT molecular complexity index is 876. The lowest BCUT2D eigenvalue weighted by molar-refractivity contribution is -0.104. The molecule has 1 atom stereocenters. The van der Waals surface area contributed by atoms with Gasteiger partial charge in [0.2, 0.25) is 0 Å². The van der Waals surface area contributed by atoms with Crippen molar-refractivity contribution >= 4 is 11.6 Å². The summed E-state index contributed by atoms with van der Waals surface area (Å²) < 4.78 is 6.32. The summed E-state index contributed by atoms with van der Waals surface area (Å²) in [5.74, 6) is 0. The van der Waals surface area contributed by atoms with Gasteiger partial charge in [0.1, 0.15) is 11.2 Å². The lowest BCUT2D eigenvalue weighted by Gasteiger charge is -2.46. The molecule has 3 heterocycles. The summed E-state index contributed by atoms with van der Waals surface area (Å²) >= 11 is 5.93. The highest BCUT2D eigenvalue weighted by Gasteiger charge is 2.48. The molecule has 0 unspecified atom stereocenters. The number of pyridine rings is 2. The Balaban J connectivity index is 1.45. The number of nitrogens with zero attached hydrogens (tertiary/aromatic N) is 3. The number of hydrogen-bond donors (Lipinski definition) is 1. The van der Waals surface area contributed by atoms with Crippen LogP contribution in [-0.2, 0) is 16.7 Å². The quantitative estimate of drug-likeness (QED) is 0.559. The van der Waals surface area contributed by atoms with Crippen molar-refractivity contribution in [2.24, 2.45) is 0 Å². The molecule has 2 fully saturated rings. The molecule has 0 amide bonds. The van der Waals surface area contributed by atoms with Crippen LogP contribution in [0, 0.1) is 11.3 Å².